The zero-order valence-corrected chi connectivity index (χ0v) is 9.28. The summed E-state index contributed by atoms with van der Waals surface area (Å²) in [5, 5.41) is 10.9. The Morgan fingerprint density at radius 1 is 1.17 bits per heavy atom. The van der Waals surface area contributed by atoms with E-state index >= 15 is 0 Å². The molecule has 0 saturated heterocycles. The fourth-order valence-corrected chi connectivity index (χ4v) is 1.87. The van der Waals surface area contributed by atoms with Crippen molar-refractivity contribution in [1.82, 2.24) is 0 Å². The van der Waals surface area contributed by atoms with Crippen molar-refractivity contribution in [1.29, 1.82) is 0 Å². The average molecular weight is 255 g/mol. The highest BCUT2D eigenvalue weighted by atomic mass is 19.4. The van der Waals surface area contributed by atoms with Crippen LogP contribution in [0.25, 0.3) is 10.8 Å². The molecule has 0 atom stereocenters. The molecule has 0 saturated carbocycles. The van der Waals surface area contributed by atoms with E-state index in [1.165, 1.54) is 18.2 Å². The molecule has 0 unspecified atom stereocenters. The Labute approximate surface area is 100.0 Å². The van der Waals surface area contributed by atoms with E-state index in [1.807, 2.05) is 0 Å². The summed E-state index contributed by atoms with van der Waals surface area (Å²) in [4.78, 5) is 9.69. The highest BCUT2D eigenvalue weighted by Crippen LogP contribution is 2.41. The second-order valence-electron chi connectivity index (χ2n) is 3.94. The molecular weight excluding hydrogens is 247 g/mol. The van der Waals surface area contributed by atoms with Crippen LogP contribution in [-0.2, 0) is 6.18 Å². The van der Waals surface area contributed by atoms with E-state index in [-0.39, 0.29) is 5.39 Å². The van der Waals surface area contributed by atoms with Gasteiger partial charge in [-0.15, -0.1) is 0 Å². The summed E-state index contributed by atoms with van der Waals surface area (Å²) in [5.74, 6) is 0. The van der Waals surface area contributed by atoms with Crippen molar-refractivity contribution in [2.75, 3.05) is 0 Å². The van der Waals surface area contributed by atoms with Crippen LogP contribution in [0.1, 0.15) is 11.1 Å². The van der Waals surface area contributed by atoms with Gasteiger partial charge in [0.05, 0.1) is 4.92 Å². The van der Waals surface area contributed by atoms with Crippen LogP contribution in [0.5, 0.6) is 0 Å². The molecule has 0 aliphatic carbocycles. The topological polar surface area (TPSA) is 43.1 Å². The van der Waals surface area contributed by atoms with Gasteiger partial charge in [-0.05, 0) is 18.4 Å². The average Bonchev–Trinajstić information content (AvgIpc) is 2.25. The third-order valence-electron chi connectivity index (χ3n) is 2.64. The van der Waals surface area contributed by atoms with E-state index in [0.717, 1.165) is 6.07 Å². The maximum Gasteiger partial charge on any atom is 0.423 e. The van der Waals surface area contributed by atoms with Crippen molar-refractivity contribution in [3.63, 3.8) is 0 Å². The summed E-state index contributed by atoms with van der Waals surface area (Å²) in [6, 6.07) is 6.70. The van der Waals surface area contributed by atoms with Gasteiger partial charge in [0.15, 0.2) is 0 Å². The standard InChI is InChI=1S/C12H8F3NO2/c1-7-2-3-8-4-5-10(16(17)18)11(9(8)6-7)12(13,14)15/h2-6H,1H3. The van der Waals surface area contributed by atoms with Crippen molar-refractivity contribution in [3.8, 4) is 0 Å². The number of nitrogens with zero attached hydrogens (tertiary/aromatic N) is 1. The summed E-state index contributed by atoms with van der Waals surface area (Å²) in [6.45, 7) is 1.64. The molecule has 94 valence electrons. The van der Waals surface area contributed by atoms with Crippen molar-refractivity contribution in [2.24, 2.45) is 0 Å². The zero-order valence-electron chi connectivity index (χ0n) is 9.28. The molecule has 6 heteroatoms. The van der Waals surface area contributed by atoms with E-state index in [2.05, 4.69) is 0 Å². The van der Waals surface area contributed by atoms with E-state index in [4.69, 9.17) is 0 Å². The van der Waals surface area contributed by atoms with Gasteiger partial charge in [-0.1, -0.05) is 23.8 Å². The lowest BCUT2D eigenvalue weighted by atomic mass is 10.0. The number of aryl methyl sites for hydroxylation is 1. The molecule has 0 heterocycles. The van der Waals surface area contributed by atoms with Crippen molar-refractivity contribution >= 4 is 16.5 Å². The zero-order chi connectivity index (χ0) is 13.5. The molecule has 0 amide bonds. The SMILES string of the molecule is Cc1ccc2ccc([N+](=O)[O-])c(C(F)(F)F)c2c1. The van der Waals surface area contributed by atoms with Crippen LogP contribution in [0.4, 0.5) is 18.9 Å². The van der Waals surface area contributed by atoms with Gasteiger partial charge in [0.2, 0.25) is 0 Å². The molecule has 2 aromatic carbocycles. The number of fused-ring (bicyclic) bond motifs is 1. The molecule has 0 bridgehead atoms. The lowest BCUT2D eigenvalue weighted by Gasteiger charge is -2.11. The summed E-state index contributed by atoms with van der Waals surface area (Å²) in [7, 11) is 0. The van der Waals surface area contributed by atoms with Crippen molar-refractivity contribution in [2.45, 2.75) is 13.1 Å². The fourth-order valence-electron chi connectivity index (χ4n) is 1.87. The van der Waals surface area contributed by atoms with Gasteiger partial charge in [-0.25, -0.2) is 0 Å². The lowest BCUT2D eigenvalue weighted by molar-refractivity contribution is -0.387. The molecule has 0 fully saturated rings. The minimum absolute atomic E-state index is 0.142. The van der Waals surface area contributed by atoms with Gasteiger partial charge in [-0.3, -0.25) is 10.1 Å². The first-order valence-electron chi connectivity index (χ1n) is 5.05. The molecule has 0 N–H and O–H groups in total. The Kier molecular flexibility index (Phi) is 2.73. The smallest absolute Gasteiger partial charge is 0.258 e. The number of halogens is 3. The van der Waals surface area contributed by atoms with Gasteiger partial charge < -0.3 is 0 Å². The maximum absolute atomic E-state index is 13.0. The molecular formula is C12H8F3NO2. The Morgan fingerprint density at radius 3 is 2.33 bits per heavy atom. The van der Waals surface area contributed by atoms with Gasteiger partial charge in [0.25, 0.3) is 5.69 Å². The van der Waals surface area contributed by atoms with E-state index in [0.29, 0.717) is 10.9 Å². The summed E-state index contributed by atoms with van der Waals surface area (Å²) in [6.07, 6.45) is -4.75. The van der Waals surface area contributed by atoms with Crippen LogP contribution in [0.2, 0.25) is 0 Å². The first kappa shape index (κ1) is 12.3. The fraction of sp³-hybridized carbons (Fsp3) is 0.167. The highest BCUT2D eigenvalue weighted by molar-refractivity contribution is 5.89. The van der Waals surface area contributed by atoms with E-state index < -0.39 is 22.4 Å². The van der Waals surface area contributed by atoms with Crippen LogP contribution in [-0.4, -0.2) is 4.92 Å². The quantitative estimate of drug-likeness (QED) is 0.569. The molecule has 0 radical (unpaired) electrons. The predicted octanol–water partition coefficient (Wildman–Crippen LogP) is 4.08. The minimum Gasteiger partial charge on any atom is -0.258 e. The Bertz CT molecular complexity index is 635. The third-order valence-corrected chi connectivity index (χ3v) is 2.64. The number of benzene rings is 2. The number of nitro groups is 1. The highest BCUT2D eigenvalue weighted by Gasteiger charge is 2.40. The summed E-state index contributed by atoms with van der Waals surface area (Å²) < 4.78 is 38.9. The summed E-state index contributed by atoms with van der Waals surface area (Å²) >= 11 is 0. The van der Waals surface area contributed by atoms with Crippen LogP contribution >= 0.6 is 0 Å². The van der Waals surface area contributed by atoms with Crippen LogP contribution in [0, 0.1) is 17.0 Å². The Balaban J connectivity index is 2.93. The molecule has 0 aliphatic rings. The molecule has 0 aromatic heterocycles. The number of hydrogen-bond acceptors (Lipinski definition) is 2. The van der Waals surface area contributed by atoms with Gasteiger partial charge >= 0.3 is 6.18 Å². The number of alkyl halides is 3. The molecule has 3 nitrogen and oxygen atoms in total. The predicted molar refractivity (Wildman–Crippen MR) is 60.3 cm³/mol. The molecule has 18 heavy (non-hydrogen) atoms. The lowest BCUT2D eigenvalue weighted by Crippen LogP contribution is -2.09. The largest absolute Gasteiger partial charge is 0.423 e. The monoisotopic (exact) mass is 255 g/mol. The molecule has 2 rings (SSSR count). The molecule has 2 aromatic rings. The first-order valence-corrected chi connectivity index (χ1v) is 5.05. The number of rotatable bonds is 1. The van der Waals surface area contributed by atoms with Gasteiger partial charge in [-0.2, -0.15) is 13.2 Å². The normalized spacial score (nSPS) is 11.8. The number of hydrogen-bond donors (Lipinski definition) is 0. The van der Waals surface area contributed by atoms with Crippen molar-refractivity contribution in [3.05, 3.63) is 51.6 Å². The van der Waals surface area contributed by atoms with Crippen LogP contribution in [0.15, 0.2) is 30.3 Å². The van der Waals surface area contributed by atoms with Crippen LogP contribution in [0.3, 0.4) is 0 Å². The summed E-state index contributed by atoms with van der Waals surface area (Å²) in [5.41, 5.74) is -1.48. The van der Waals surface area contributed by atoms with Crippen molar-refractivity contribution < 1.29 is 18.1 Å². The number of nitro benzene ring substituents is 1. The second kappa shape index (κ2) is 3.97. The maximum atomic E-state index is 13.0. The first-order chi connectivity index (χ1) is 8.30. The third kappa shape index (κ3) is 2.01. The van der Waals surface area contributed by atoms with Gasteiger partial charge in [0.1, 0.15) is 5.56 Å². The van der Waals surface area contributed by atoms with Gasteiger partial charge in [0, 0.05) is 11.5 Å². The van der Waals surface area contributed by atoms with E-state index in [1.54, 1.807) is 13.0 Å². The molecule has 0 spiro atoms. The molecule has 0 aliphatic heterocycles. The van der Waals surface area contributed by atoms with E-state index in [9.17, 15) is 23.3 Å². The Hall–Kier alpha value is -2.11. The Morgan fingerprint density at radius 2 is 1.78 bits per heavy atom. The minimum atomic E-state index is -4.75. The van der Waals surface area contributed by atoms with Crippen LogP contribution < -0.4 is 0 Å². The second-order valence-corrected chi connectivity index (χ2v) is 3.94.